The predicted octanol–water partition coefficient (Wildman–Crippen LogP) is 4.33. The molecule has 2 atom stereocenters. The first-order valence-corrected chi connectivity index (χ1v) is 14.0. The zero-order valence-corrected chi connectivity index (χ0v) is 24.4. The largest absolute Gasteiger partial charge is 0.481 e. The molecule has 1 fully saturated rings. The van der Waals surface area contributed by atoms with E-state index in [0.29, 0.717) is 67.3 Å². The third-order valence-electron chi connectivity index (χ3n) is 8.19. The summed E-state index contributed by atoms with van der Waals surface area (Å²) in [6.07, 6.45) is 1.76. The van der Waals surface area contributed by atoms with Gasteiger partial charge in [-0.1, -0.05) is 6.08 Å². The van der Waals surface area contributed by atoms with Crippen LogP contribution in [0.1, 0.15) is 48.2 Å². The van der Waals surface area contributed by atoms with Gasteiger partial charge in [-0.2, -0.15) is 0 Å². The number of ether oxygens (including phenoxy) is 1. The van der Waals surface area contributed by atoms with Crippen LogP contribution in [0.4, 0.5) is 30.4 Å². The van der Waals surface area contributed by atoms with Crippen LogP contribution in [-0.4, -0.2) is 78.2 Å². The van der Waals surface area contributed by atoms with E-state index in [4.69, 9.17) is 4.74 Å². The summed E-state index contributed by atoms with van der Waals surface area (Å²) in [4.78, 5) is 41.9. The maximum atomic E-state index is 15.9. The Morgan fingerprint density at radius 3 is 2.51 bits per heavy atom. The molecule has 0 saturated carbocycles. The molecule has 0 spiro atoms. The van der Waals surface area contributed by atoms with Gasteiger partial charge in [0.15, 0.2) is 0 Å². The highest BCUT2D eigenvalue weighted by Gasteiger charge is 2.30. The van der Waals surface area contributed by atoms with Crippen LogP contribution in [-0.2, 0) is 0 Å². The van der Waals surface area contributed by atoms with Gasteiger partial charge in [-0.3, -0.25) is 14.5 Å². The van der Waals surface area contributed by atoms with E-state index in [9.17, 15) is 18.4 Å². The van der Waals surface area contributed by atoms with Gasteiger partial charge in [0.1, 0.15) is 18.0 Å². The van der Waals surface area contributed by atoms with Crippen molar-refractivity contribution in [2.45, 2.75) is 38.8 Å². The van der Waals surface area contributed by atoms with E-state index in [1.807, 2.05) is 22.9 Å². The van der Waals surface area contributed by atoms with Gasteiger partial charge in [0.2, 0.25) is 11.4 Å². The van der Waals surface area contributed by atoms with Crippen LogP contribution < -0.4 is 25.4 Å². The molecule has 10 nitrogen and oxygen atoms in total. The van der Waals surface area contributed by atoms with Gasteiger partial charge in [0.05, 0.1) is 24.0 Å². The van der Waals surface area contributed by atoms with E-state index in [0.717, 1.165) is 11.8 Å². The molecular weight excluding hydrogens is 563 g/mol. The molecule has 2 aliphatic heterocycles. The monoisotopic (exact) mass is 597 g/mol. The number of alkyl halides is 2. The first kappa shape index (κ1) is 30.1. The van der Waals surface area contributed by atoms with Crippen LogP contribution in [0, 0.1) is 5.82 Å². The second-order valence-corrected chi connectivity index (χ2v) is 10.9. The number of hydrogen-bond acceptors (Lipinski definition) is 8. The smallest absolute Gasteiger partial charge is 0.264 e. The van der Waals surface area contributed by atoms with E-state index in [-0.39, 0.29) is 17.6 Å². The van der Waals surface area contributed by atoms with Crippen molar-refractivity contribution in [1.82, 2.24) is 19.9 Å². The number of benzene rings is 1. The molecule has 3 aromatic rings. The van der Waals surface area contributed by atoms with Crippen molar-refractivity contribution in [3.63, 3.8) is 0 Å². The van der Waals surface area contributed by atoms with Crippen LogP contribution in [0.25, 0.3) is 5.57 Å². The van der Waals surface area contributed by atoms with Crippen LogP contribution in [0.5, 0.6) is 5.88 Å². The minimum absolute atomic E-state index is 0.145. The summed E-state index contributed by atoms with van der Waals surface area (Å²) in [6, 6.07) is 5.70. The number of halogens is 3. The van der Waals surface area contributed by atoms with E-state index >= 15 is 4.39 Å². The number of likely N-dealkylation sites (N-methyl/N-ethyl adjacent to an activating group) is 1. The van der Waals surface area contributed by atoms with E-state index in [1.54, 1.807) is 12.1 Å². The van der Waals surface area contributed by atoms with Crippen molar-refractivity contribution in [1.29, 1.82) is 0 Å². The van der Waals surface area contributed by atoms with Gasteiger partial charge >= 0.3 is 0 Å². The summed E-state index contributed by atoms with van der Waals surface area (Å²) in [5.74, 6) is -0.165. The highest BCUT2D eigenvalue weighted by Crippen LogP contribution is 2.37. The predicted molar refractivity (Wildman–Crippen MR) is 159 cm³/mol. The topological polar surface area (TPSA) is 107 Å². The fraction of sp³-hybridized carbons (Fsp3) is 0.400. The Bertz CT molecular complexity index is 1580. The third kappa shape index (κ3) is 6.36. The van der Waals surface area contributed by atoms with E-state index in [1.165, 1.54) is 19.5 Å². The molecule has 0 unspecified atom stereocenters. The highest BCUT2D eigenvalue weighted by atomic mass is 19.3. The number of methoxy groups -OCH3 is 1. The SMILES string of the molecule is COc1cc(N2CC=C(c3cc(NC(=O)c4c[nH]c(=O)cc4C(F)F)c(N4C[C@@H](C)N(C)[C@@H](C)C4)cc3F)CC2)ncn1. The fourth-order valence-corrected chi connectivity index (χ4v) is 5.56. The number of piperazine rings is 1. The van der Waals surface area contributed by atoms with Crippen molar-refractivity contribution in [2.75, 3.05) is 55.5 Å². The second kappa shape index (κ2) is 12.5. The van der Waals surface area contributed by atoms with Gasteiger partial charge in [-0.25, -0.2) is 23.1 Å². The molecule has 1 amide bonds. The number of carbonyl (C=O) groups is 1. The Labute approximate surface area is 247 Å². The van der Waals surface area contributed by atoms with E-state index in [2.05, 4.69) is 39.0 Å². The number of amides is 1. The van der Waals surface area contributed by atoms with Gasteiger partial charge in [-0.05, 0) is 45.0 Å². The Kier molecular flexibility index (Phi) is 8.71. The van der Waals surface area contributed by atoms with Crippen molar-refractivity contribution in [3.05, 3.63) is 75.7 Å². The van der Waals surface area contributed by atoms with Gasteiger partial charge in [0, 0.05) is 67.7 Å². The van der Waals surface area contributed by atoms with Crippen LogP contribution in [0.15, 0.2) is 47.7 Å². The number of anilines is 3. The first-order valence-electron chi connectivity index (χ1n) is 14.0. The van der Waals surface area contributed by atoms with Crippen molar-refractivity contribution in [2.24, 2.45) is 0 Å². The molecule has 228 valence electrons. The molecule has 2 N–H and O–H groups in total. The lowest BCUT2D eigenvalue weighted by Crippen LogP contribution is -2.55. The number of H-pyrrole nitrogens is 1. The number of aromatic amines is 1. The zero-order valence-electron chi connectivity index (χ0n) is 24.4. The second-order valence-electron chi connectivity index (χ2n) is 10.9. The number of hydrogen-bond donors (Lipinski definition) is 2. The molecule has 13 heteroatoms. The van der Waals surface area contributed by atoms with Gasteiger partial charge in [-0.15, -0.1) is 0 Å². The quantitative estimate of drug-likeness (QED) is 0.415. The molecule has 0 bridgehead atoms. The molecule has 1 aromatic carbocycles. The first-order chi connectivity index (χ1) is 20.5. The summed E-state index contributed by atoms with van der Waals surface area (Å²) >= 11 is 0. The molecule has 0 radical (unpaired) electrons. The van der Waals surface area contributed by atoms with Crippen molar-refractivity contribution >= 4 is 28.7 Å². The molecule has 43 heavy (non-hydrogen) atoms. The highest BCUT2D eigenvalue weighted by molar-refractivity contribution is 6.07. The minimum atomic E-state index is -3.03. The van der Waals surface area contributed by atoms with Crippen LogP contribution in [0.3, 0.4) is 0 Å². The summed E-state index contributed by atoms with van der Waals surface area (Å²) < 4.78 is 48.5. The van der Waals surface area contributed by atoms with Crippen molar-refractivity contribution < 1.29 is 22.7 Å². The molecule has 1 saturated heterocycles. The lowest BCUT2D eigenvalue weighted by Gasteiger charge is -2.44. The Morgan fingerprint density at radius 2 is 1.86 bits per heavy atom. The molecule has 4 heterocycles. The number of rotatable bonds is 7. The Balaban J connectivity index is 1.50. The van der Waals surface area contributed by atoms with E-state index < -0.39 is 29.3 Å². The summed E-state index contributed by atoms with van der Waals surface area (Å²) in [5, 5.41) is 2.75. The number of nitrogens with one attached hydrogen (secondary N) is 2. The lowest BCUT2D eigenvalue weighted by atomic mass is 9.96. The minimum Gasteiger partial charge on any atom is -0.481 e. The fourth-order valence-electron chi connectivity index (χ4n) is 5.56. The maximum absolute atomic E-state index is 15.9. The van der Waals surface area contributed by atoms with Crippen LogP contribution in [0.2, 0.25) is 0 Å². The Hall–Kier alpha value is -4.39. The molecule has 0 aliphatic carbocycles. The average molecular weight is 598 g/mol. The molecule has 5 rings (SSSR count). The van der Waals surface area contributed by atoms with Gasteiger partial charge < -0.3 is 24.8 Å². The number of pyridine rings is 1. The van der Waals surface area contributed by atoms with Crippen LogP contribution >= 0.6 is 0 Å². The average Bonchev–Trinajstić information content (AvgIpc) is 3.00. The Morgan fingerprint density at radius 1 is 1.12 bits per heavy atom. The summed E-state index contributed by atoms with van der Waals surface area (Å²) in [6.45, 7) is 6.28. The maximum Gasteiger partial charge on any atom is 0.264 e. The van der Waals surface area contributed by atoms with Crippen molar-refractivity contribution in [3.8, 4) is 5.88 Å². The molecule has 2 aromatic heterocycles. The summed E-state index contributed by atoms with van der Waals surface area (Å²) in [5.41, 5.74) is 0.0219. The van der Waals surface area contributed by atoms with Gasteiger partial charge in [0.25, 0.3) is 12.3 Å². The standard InChI is InChI=1S/C30H34F3N7O3/c1-17-14-40(15-18(2)38(17)3)25-11-23(31)20(19-5-7-39(8-6-19)26-12-28(43-4)36-16-35-26)9-24(25)37-30(42)22-13-34-27(41)10-21(22)29(32)33/h5,9-13,16-18,29H,6-8,14-15H2,1-4H3,(H,34,41)(H,37,42)/t17-,18+. The zero-order chi connectivity index (χ0) is 30.8. The molecular formula is C30H34F3N7O3. The lowest BCUT2D eigenvalue weighted by molar-refractivity contribution is 0.101. The number of aromatic nitrogens is 3. The number of carbonyl (C=O) groups excluding carboxylic acids is 1. The summed E-state index contributed by atoms with van der Waals surface area (Å²) in [7, 11) is 3.55. The normalized spacial score (nSPS) is 19.4. The number of nitrogens with zero attached hydrogens (tertiary/aromatic N) is 5. The third-order valence-corrected chi connectivity index (χ3v) is 8.19. The molecule has 2 aliphatic rings.